The Hall–Kier alpha value is -1.13. The average Bonchev–Trinajstić information content (AvgIpc) is 2.38. The second-order valence-corrected chi connectivity index (χ2v) is 4.37. The maximum atomic E-state index is 13.1. The molecule has 2 unspecified atom stereocenters. The monoisotopic (exact) mass is 273 g/mol. The first-order chi connectivity index (χ1) is 8.20. The number of carbonyl (C=O) groups is 1. The van der Waals surface area contributed by atoms with Crippen molar-refractivity contribution in [2.45, 2.75) is 12.3 Å². The Bertz CT molecular complexity index is 414. The van der Waals surface area contributed by atoms with Gasteiger partial charge in [-0.25, -0.2) is 4.39 Å². The van der Waals surface area contributed by atoms with Gasteiger partial charge in [-0.2, -0.15) is 0 Å². The second-order valence-electron chi connectivity index (χ2n) is 4.37. The highest BCUT2D eigenvalue weighted by atomic mass is 35.5. The molecule has 0 bridgehead atoms. The molecular formula is C13H17ClFNO2. The number of halogens is 2. The first kappa shape index (κ1) is 14.9. The fraction of sp³-hybridized carbons (Fsp3) is 0.462. The van der Waals surface area contributed by atoms with Crippen LogP contribution in [-0.2, 0) is 9.53 Å². The number of ether oxygens (including phenoxy) is 1. The molecule has 0 saturated carbocycles. The summed E-state index contributed by atoms with van der Waals surface area (Å²) in [4.78, 5) is 11.5. The number of rotatable bonds is 2. The predicted octanol–water partition coefficient (Wildman–Crippen LogP) is 2.11. The Balaban J connectivity index is 0.00000162. The Morgan fingerprint density at radius 2 is 2.22 bits per heavy atom. The number of carbonyl (C=O) groups excluding carboxylic acids is 1. The van der Waals surface area contributed by atoms with Crippen LogP contribution in [0.1, 0.15) is 17.9 Å². The summed E-state index contributed by atoms with van der Waals surface area (Å²) in [5.41, 5.74) is 0.936. The molecule has 1 saturated heterocycles. The van der Waals surface area contributed by atoms with E-state index in [0.29, 0.717) is 13.0 Å². The Morgan fingerprint density at radius 1 is 1.44 bits per heavy atom. The highest BCUT2D eigenvalue weighted by Gasteiger charge is 2.28. The minimum Gasteiger partial charge on any atom is -0.469 e. The summed E-state index contributed by atoms with van der Waals surface area (Å²) in [5, 5.41) is 3.19. The first-order valence-electron chi connectivity index (χ1n) is 5.74. The summed E-state index contributed by atoms with van der Waals surface area (Å²) in [7, 11) is 1.40. The molecule has 0 aromatic heterocycles. The molecule has 1 fully saturated rings. The summed E-state index contributed by atoms with van der Waals surface area (Å²) in [6.07, 6.45) is 0.711. The number of hydrogen-bond donors (Lipinski definition) is 1. The van der Waals surface area contributed by atoms with E-state index in [4.69, 9.17) is 4.74 Å². The molecule has 0 amide bonds. The highest BCUT2D eigenvalue weighted by Crippen LogP contribution is 2.27. The molecule has 1 aliphatic rings. The van der Waals surface area contributed by atoms with Crippen molar-refractivity contribution in [1.82, 2.24) is 5.32 Å². The molecule has 0 spiro atoms. The molecule has 1 aromatic rings. The average molecular weight is 274 g/mol. The number of benzene rings is 1. The normalized spacial score (nSPS) is 23.0. The fourth-order valence-electron chi connectivity index (χ4n) is 2.30. The third-order valence-electron chi connectivity index (χ3n) is 3.21. The SMILES string of the molecule is COC(=O)C1CNCC(c2cccc(F)c2)C1.Cl. The zero-order chi connectivity index (χ0) is 12.3. The molecule has 5 heteroatoms. The number of methoxy groups -OCH3 is 1. The lowest BCUT2D eigenvalue weighted by Crippen LogP contribution is -2.39. The smallest absolute Gasteiger partial charge is 0.309 e. The van der Waals surface area contributed by atoms with Crippen molar-refractivity contribution in [3.05, 3.63) is 35.6 Å². The van der Waals surface area contributed by atoms with Gasteiger partial charge in [-0.1, -0.05) is 12.1 Å². The van der Waals surface area contributed by atoms with Crippen LogP contribution >= 0.6 is 12.4 Å². The molecule has 0 radical (unpaired) electrons. The van der Waals surface area contributed by atoms with E-state index in [1.54, 1.807) is 6.07 Å². The second kappa shape index (κ2) is 6.71. The first-order valence-corrected chi connectivity index (χ1v) is 5.74. The van der Waals surface area contributed by atoms with Crippen molar-refractivity contribution in [2.24, 2.45) is 5.92 Å². The molecule has 100 valence electrons. The molecule has 2 rings (SSSR count). The highest BCUT2D eigenvalue weighted by molar-refractivity contribution is 5.85. The van der Waals surface area contributed by atoms with Crippen molar-refractivity contribution in [1.29, 1.82) is 0 Å². The van der Waals surface area contributed by atoms with Gasteiger partial charge in [0.2, 0.25) is 0 Å². The third kappa shape index (κ3) is 3.43. The van der Waals surface area contributed by atoms with Crippen LogP contribution in [0.4, 0.5) is 4.39 Å². The molecule has 18 heavy (non-hydrogen) atoms. The van der Waals surface area contributed by atoms with Gasteiger partial charge in [0.15, 0.2) is 0 Å². The molecule has 1 aliphatic heterocycles. The van der Waals surface area contributed by atoms with Gasteiger partial charge in [-0.05, 0) is 30.0 Å². The fourth-order valence-corrected chi connectivity index (χ4v) is 2.30. The Morgan fingerprint density at radius 3 is 2.89 bits per heavy atom. The topological polar surface area (TPSA) is 38.3 Å². The summed E-state index contributed by atoms with van der Waals surface area (Å²) in [6, 6.07) is 6.56. The lowest BCUT2D eigenvalue weighted by atomic mass is 9.85. The maximum absolute atomic E-state index is 13.1. The minimum absolute atomic E-state index is 0. The lowest BCUT2D eigenvalue weighted by molar-refractivity contribution is -0.146. The largest absolute Gasteiger partial charge is 0.469 e. The van der Waals surface area contributed by atoms with Crippen LogP contribution in [0.3, 0.4) is 0 Å². The van der Waals surface area contributed by atoms with Crippen molar-refractivity contribution >= 4 is 18.4 Å². The lowest BCUT2D eigenvalue weighted by Gasteiger charge is -2.28. The van der Waals surface area contributed by atoms with Crippen LogP contribution in [0.5, 0.6) is 0 Å². The standard InChI is InChI=1S/C13H16FNO2.ClH/c1-17-13(16)11-5-10(7-15-8-11)9-3-2-4-12(14)6-9;/h2-4,6,10-11,15H,5,7-8H2,1H3;1H. The van der Waals surface area contributed by atoms with E-state index in [-0.39, 0.29) is 36.0 Å². The Labute approximate surface area is 112 Å². The van der Waals surface area contributed by atoms with E-state index >= 15 is 0 Å². The van der Waals surface area contributed by atoms with Gasteiger partial charge in [-0.15, -0.1) is 12.4 Å². The van der Waals surface area contributed by atoms with E-state index in [9.17, 15) is 9.18 Å². The van der Waals surface area contributed by atoms with Gasteiger partial charge >= 0.3 is 5.97 Å². The molecular weight excluding hydrogens is 257 g/mol. The number of esters is 1. The van der Waals surface area contributed by atoms with Gasteiger partial charge in [-0.3, -0.25) is 4.79 Å². The zero-order valence-electron chi connectivity index (χ0n) is 10.2. The van der Waals surface area contributed by atoms with Gasteiger partial charge in [0, 0.05) is 13.1 Å². The molecule has 1 aromatic carbocycles. The summed E-state index contributed by atoms with van der Waals surface area (Å²) >= 11 is 0. The van der Waals surface area contributed by atoms with Gasteiger partial charge in [0.1, 0.15) is 5.82 Å². The van der Waals surface area contributed by atoms with Crippen LogP contribution in [-0.4, -0.2) is 26.2 Å². The van der Waals surface area contributed by atoms with E-state index in [0.717, 1.165) is 12.1 Å². The quantitative estimate of drug-likeness (QED) is 0.839. The number of nitrogens with one attached hydrogen (secondary N) is 1. The molecule has 1 N–H and O–H groups in total. The molecule has 2 atom stereocenters. The van der Waals surface area contributed by atoms with Crippen LogP contribution in [0.25, 0.3) is 0 Å². The van der Waals surface area contributed by atoms with Gasteiger partial charge in [0.05, 0.1) is 13.0 Å². The zero-order valence-corrected chi connectivity index (χ0v) is 11.0. The summed E-state index contributed by atoms with van der Waals surface area (Å²) in [6.45, 7) is 1.41. The van der Waals surface area contributed by atoms with Crippen molar-refractivity contribution in [3.8, 4) is 0 Å². The van der Waals surface area contributed by atoms with Gasteiger partial charge in [0.25, 0.3) is 0 Å². The van der Waals surface area contributed by atoms with Gasteiger partial charge < -0.3 is 10.1 Å². The van der Waals surface area contributed by atoms with Crippen LogP contribution in [0.15, 0.2) is 24.3 Å². The Kier molecular flexibility index (Phi) is 5.56. The predicted molar refractivity (Wildman–Crippen MR) is 69.4 cm³/mol. The summed E-state index contributed by atoms with van der Waals surface area (Å²) in [5.74, 6) is -0.396. The van der Waals surface area contributed by atoms with E-state index < -0.39 is 0 Å². The third-order valence-corrected chi connectivity index (χ3v) is 3.21. The number of hydrogen-bond acceptors (Lipinski definition) is 3. The number of piperidine rings is 1. The summed E-state index contributed by atoms with van der Waals surface area (Å²) < 4.78 is 17.9. The van der Waals surface area contributed by atoms with Crippen LogP contribution in [0, 0.1) is 11.7 Å². The molecule has 1 heterocycles. The maximum Gasteiger partial charge on any atom is 0.309 e. The molecule has 3 nitrogen and oxygen atoms in total. The minimum atomic E-state index is -0.234. The van der Waals surface area contributed by atoms with E-state index in [1.807, 2.05) is 6.07 Å². The van der Waals surface area contributed by atoms with E-state index in [2.05, 4.69) is 5.32 Å². The van der Waals surface area contributed by atoms with Crippen molar-refractivity contribution < 1.29 is 13.9 Å². The molecule has 0 aliphatic carbocycles. The van der Waals surface area contributed by atoms with Crippen molar-refractivity contribution in [2.75, 3.05) is 20.2 Å². The van der Waals surface area contributed by atoms with E-state index in [1.165, 1.54) is 19.2 Å². The van der Waals surface area contributed by atoms with Crippen LogP contribution in [0.2, 0.25) is 0 Å². The van der Waals surface area contributed by atoms with Crippen molar-refractivity contribution in [3.63, 3.8) is 0 Å². The van der Waals surface area contributed by atoms with Crippen LogP contribution < -0.4 is 5.32 Å².